The Hall–Kier alpha value is -4.32. The van der Waals surface area contributed by atoms with Gasteiger partial charge in [0.1, 0.15) is 12.2 Å². The van der Waals surface area contributed by atoms with Crippen molar-refractivity contribution in [3.8, 4) is 0 Å². The zero-order valence-electron chi connectivity index (χ0n) is 25.4. The Balaban J connectivity index is 1.23. The van der Waals surface area contributed by atoms with Crippen LogP contribution >= 0.6 is 0 Å². The molecule has 7 rings (SSSR count). The predicted octanol–water partition coefficient (Wildman–Crippen LogP) is 4.16. The number of rotatable bonds is 9. The lowest BCUT2D eigenvalue weighted by Crippen LogP contribution is -2.33. The Morgan fingerprint density at radius 3 is 2.20 bits per heavy atom. The van der Waals surface area contributed by atoms with E-state index >= 15 is 0 Å². The standard InChI is InChI=1S/C34H41N9O2/c1-21-16-17-43(41-21)28-18-27(30(44)31(28)45)42-20-37-29-32(39-34(40-33(29)42)38-25-14-12-24(35)13-15-25)36-19-26(22-8-4-2-5-9-22)23-10-6-3-7-11-23/h2-11,16-17,20,24-28,30-31,44-45H,12-15,18-19,35H2,1H3,(H2,36,38,39,40)/t24?,25?,27-,28+,30+,31-/m1/s1. The zero-order chi connectivity index (χ0) is 30.9. The number of hydrogen-bond donors (Lipinski definition) is 5. The summed E-state index contributed by atoms with van der Waals surface area (Å²) in [4.78, 5) is 14.7. The number of nitrogens with one attached hydrogen (secondary N) is 2. The topological polar surface area (TPSA) is 152 Å². The van der Waals surface area contributed by atoms with Crippen molar-refractivity contribution < 1.29 is 10.2 Å². The average Bonchev–Trinajstić information content (AvgIpc) is 3.76. The Morgan fingerprint density at radius 1 is 0.889 bits per heavy atom. The lowest BCUT2D eigenvalue weighted by atomic mass is 9.91. The normalized spacial score (nSPS) is 25.2. The fraction of sp³-hybridized carbons (Fsp3) is 0.412. The third-order valence-corrected chi connectivity index (χ3v) is 9.46. The van der Waals surface area contributed by atoms with Crippen LogP contribution < -0.4 is 16.4 Å². The summed E-state index contributed by atoms with van der Waals surface area (Å²) in [6.45, 7) is 2.51. The molecule has 0 spiro atoms. The predicted molar refractivity (Wildman–Crippen MR) is 174 cm³/mol. The summed E-state index contributed by atoms with van der Waals surface area (Å²) in [6.07, 6.45) is 5.86. The number of nitrogens with two attached hydrogens (primary N) is 1. The van der Waals surface area contributed by atoms with Gasteiger partial charge in [0.05, 0.1) is 24.1 Å². The SMILES string of the molecule is Cc1ccn([C@H]2C[C@@H](n3cnc4c(NCC(c5ccccc5)c5ccccc5)nc(NC5CCC(N)CC5)nc43)[C@H](O)[C@@H]2O)n1. The van der Waals surface area contributed by atoms with E-state index in [0.717, 1.165) is 31.4 Å². The molecule has 5 aromatic rings. The summed E-state index contributed by atoms with van der Waals surface area (Å²) in [7, 11) is 0. The minimum atomic E-state index is -1.01. The van der Waals surface area contributed by atoms with Crippen molar-refractivity contribution >= 4 is 22.9 Å². The van der Waals surface area contributed by atoms with Crippen LogP contribution in [0.4, 0.5) is 11.8 Å². The van der Waals surface area contributed by atoms with Gasteiger partial charge in [-0.15, -0.1) is 0 Å². The fourth-order valence-electron chi connectivity index (χ4n) is 6.93. The zero-order valence-corrected chi connectivity index (χ0v) is 25.4. The van der Waals surface area contributed by atoms with E-state index < -0.39 is 18.2 Å². The Kier molecular flexibility index (Phi) is 8.22. The van der Waals surface area contributed by atoms with E-state index in [2.05, 4.69) is 64.3 Å². The fourth-order valence-corrected chi connectivity index (χ4v) is 6.93. The first kappa shape index (κ1) is 29.4. The molecular weight excluding hydrogens is 566 g/mol. The van der Waals surface area contributed by atoms with E-state index in [1.165, 1.54) is 11.1 Å². The molecule has 11 nitrogen and oxygen atoms in total. The number of aliphatic hydroxyl groups is 2. The lowest BCUT2D eigenvalue weighted by molar-refractivity contribution is 0.00719. The van der Waals surface area contributed by atoms with Gasteiger partial charge in [0.25, 0.3) is 0 Å². The summed E-state index contributed by atoms with van der Waals surface area (Å²) in [5.74, 6) is 1.22. The van der Waals surface area contributed by atoms with Gasteiger partial charge >= 0.3 is 0 Å². The molecule has 0 saturated heterocycles. The first-order valence-corrected chi connectivity index (χ1v) is 15.9. The number of hydrogen-bond acceptors (Lipinski definition) is 9. The van der Waals surface area contributed by atoms with Crippen molar-refractivity contribution in [2.45, 2.75) is 81.3 Å². The molecule has 234 valence electrons. The van der Waals surface area contributed by atoms with Crippen molar-refractivity contribution in [1.82, 2.24) is 29.3 Å². The van der Waals surface area contributed by atoms with Gasteiger partial charge in [-0.1, -0.05) is 60.7 Å². The van der Waals surface area contributed by atoms with Crippen molar-refractivity contribution in [1.29, 1.82) is 0 Å². The Morgan fingerprint density at radius 2 is 1.56 bits per heavy atom. The third kappa shape index (κ3) is 6.03. The van der Waals surface area contributed by atoms with E-state index in [-0.39, 0.29) is 24.0 Å². The Labute approximate surface area is 262 Å². The Bertz CT molecular complexity index is 1680. The molecule has 2 aliphatic carbocycles. The number of aryl methyl sites for hydroxylation is 1. The van der Waals surface area contributed by atoms with Crippen LogP contribution in [0.2, 0.25) is 0 Å². The third-order valence-electron chi connectivity index (χ3n) is 9.46. The van der Waals surface area contributed by atoms with Gasteiger partial charge in [-0.3, -0.25) is 4.68 Å². The number of nitrogens with zero attached hydrogens (tertiary/aromatic N) is 6. The molecular formula is C34H41N9O2. The van der Waals surface area contributed by atoms with E-state index in [4.69, 9.17) is 20.7 Å². The van der Waals surface area contributed by atoms with Crippen LogP contribution in [-0.2, 0) is 0 Å². The smallest absolute Gasteiger partial charge is 0.227 e. The molecule has 2 saturated carbocycles. The minimum Gasteiger partial charge on any atom is -0.388 e. The molecule has 0 amide bonds. The number of imidazole rings is 1. The van der Waals surface area contributed by atoms with Crippen molar-refractivity contribution in [3.63, 3.8) is 0 Å². The maximum Gasteiger partial charge on any atom is 0.227 e. The van der Waals surface area contributed by atoms with Gasteiger partial charge in [0.2, 0.25) is 5.95 Å². The summed E-state index contributed by atoms with van der Waals surface area (Å²) < 4.78 is 3.64. The second-order valence-corrected chi connectivity index (χ2v) is 12.5. The van der Waals surface area contributed by atoms with Gasteiger partial charge in [-0.25, -0.2) is 4.98 Å². The molecule has 3 heterocycles. The largest absolute Gasteiger partial charge is 0.388 e. The van der Waals surface area contributed by atoms with E-state index in [0.29, 0.717) is 35.9 Å². The first-order chi connectivity index (χ1) is 21.9. The van der Waals surface area contributed by atoms with E-state index in [1.807, 2.05) is 35.9 Å². The van der Waals surface area contributed by atoms with Gasteiger partial charge in [-0.05, 0) is 56.2 Å². The highest BCUT2D eigenvalue weighted by Gasteiger charge is 2.44. The summed E-state index contributed by atoms with van der Waals surface area (Å²) in [5.41, 5.74) is 10.7. The number of aromatic nitrogens is 6. The maximum absolute atomic E-state index is 11.3. The molecule has 6 N–H and O–H groups in total. The quantitative estimate of drug-likeness (QED) is 0.166. The summed E-state index contributed by atoms with van der Waals surface area (Å²) in [5, 5.41) is 34.0. The van der Waals surface area contributed by atoms with Crippen LogP contribution in [0.3, 0.4) is 0 Å². The molecule has 0 radical (unpaired) electrons. The number of anilines is 2. The molecule has 45 heavy (non-hydrogen) atoms. The van der Waals surface area contributed by atoms with Crippen molar-refractivity contribution in [2.24, 2.45) is 5.73 Å². The van der Waals surface area contributed by atoms with Crippen LogP contribution in [0.1, 0.15) is 66.9 Å². The number of aliphatic hydroxyl groups excluding tert-OH is 2. The molecule has 2 aliphatic rings. The van der Waals surface area contributed by atoms with Crippen molar-refractivity contribution in [3.05, 3.63) is 96.1 Å². The first-order valence-electron chi connectivity index (χ1n) is 15.9. The summed E-state index contributed by atoms with van der Waals surface area (Å²) in [6, 6.07) is 22.5. The molecule has 0 bridgehead atoms. The van der Waals surface area contributed by atoms with Crippen LogP contribution in [-0.4, -0.2) is 70.3 Å². The van der Waals surface area contributed by atoms with Crippen LogP contribution in [0.25, 0.3) is 11.2 Å². The molecule has 0 aliphatic heterocycles. The second kappa shape index (κ2) is 12.6. The maximum atomic E-state index is 11.3. The summed E-state index contributed by atoms with van der Waals surface area (Å²) >= 11 is 0. The molecule has 0 unspecified atom stereocenters. The molecule has 2 fully saturated rings. The molecule has 2 aromatic carbocycles. The van der Waals surface area contributed by atoms with Crippen LogP contribution in [0.5, 0.6) is 0 Å². The van der Waals surface area contributed by atoms with Crippen LogP contribution in [0.15, 0.2) is 79.3 Å². The average molecular weight is 608 g/mol. The van der Waals surface area contributed by atoms with Crippen molar-refractivity contribution in [2.75, 3.05) is 17.2 Å². The lowest BCUT2D eigenvalue weighted by Gasteiger charge is -2.27. The molecule has 11 heteroatoms. The van der Waals surface area contributed by atoms with Gasteiger partial charge in [-0.2, -0.15) is 15.1 Å². The van der Waals surface area contributed by atoms with Gasteiger partial charge < -0.3 is 31.1 Å². The van der Waals surface area contributed by atoms with E-state index in [9.17, 15) is 10.2 Å². The van der Waals surface area contributed by atoms with Crippen LogP contribution in [0, 0.1) is 6.92 Å². The highest BCUT2D eigenvalue weighted by Crippen LogP contribution is 2.40. The highest BCUT2D eigenvalue weighted by molar-refractivity contribution is 5.84. The number of benzene rings is 2. The second-order valence-electron chi connectivity index (χ2n) is 12.5. The molecule has 4 atom stereocenters. The molecule has 3 aromatic heterocycles. The minimum absolute atomic E-state index is 0.0841. The van der Waals surface area contributed by atoms with Gasteiger partial charge in [0, 0.05) is 30.7 Å². The number of fused-ring (bicyclic) bond motifs is 1. The highest BCUT2D eigenvalue weighted by atomic mass is 16.3. The van der Waals surface area contributed by atoms with Gasteiger partial charge in [0.15, 0.2) is 17.0 Å². The van der Waals surface area contributed by atoms with E-state index in [1.54, 1.807) is 11.0 Å². The monoisotopic (exact) mass is 607 g/mol.